The molecule has 0 aromatic carbocycles. The molecule has 1 aliphatic rings. The van der Waals surface area contributed by atoms with Crippen molar-refractivity contribution in [1.29, 1.82) is 0 Å². The summed E-state index contributed by atoms with van der Waals surface area (Å²) >= 11 is 1.30. The van der Waals surface area contributed by atoms with Crippen LogP contribution in [-0.2, 0) is 23.6 Å². The Hall–Kier alpha value is -3.05. The molecule has 36 heavy (non-hydrogen) atoms. The lowest BCUT2D eigenvalue weighted by molar-refractivity contribution is -0.657. The van der Waals surface area contributed by atoms with Crippen LogP contribution in [0.4, 0.5) is 24.8 Å². The molecule has 1 unspecified atom stereocenters. The molecule has 0 amide bonds. The van der Waals surface area contributed by atoms with Crippen molar-refractivity contribution in [3.63, 3.8) is 0 Å². The Morgan fingerprint density at radius 1 is 1.19 bits per heavy atom. The number of anilines is 2. The van der Waals surface area contributed by atoms with Gasteiger partial charge in [-0.1, -0.05) is 0 Å². The number of aryl methyl sites for hydroxylation is 2. The van der Waals surface area contributed by atoms with Crippen LogP contribution in [0.1, 0.15) is 48.7 Å². The Morgan fingerprint density at radius 3 is 2.53 bits per heavy atom. The van der Waals surface area contributed by atoms with Gasteiger partial charge in [0, 0.05) is 18.3 Å². The van der Waals surface area contributed by atoms with E-state index in [2.05, 4.69) is 15.3 Å². The first-order valence-electron chi connectivity index (χ1n) is 11.6. The van der Waals surface area contributed by atoms with Crippen LogP contribution in [0.5, 0.6) is 0 Å². The summed E-state index contributed by atoms with van der Waals surface area (Å²) in [6, 6.07) is 5.63. The Kier molecular flexibility index (Phi) is 7.07. The zero-order valence-corrected chi connectivity index (χ0v) is 21.0. The highest BCUT2D eigenvalue weighted by atomic mass is 32.1. The van der Waals surface area contributed by atoms with Crippen LogP contribution in [0.25, 0.3) is 10.6 Å². The highest BCUT2D eigenvalue weighted by Gasteiger charge is 2.40. The molecule has 1 atom stereocenters. The highest BCUT2D eigenvalue weighted by molar-refractivity contribution is 7.15. The van der Waals surface area contributed by atoms with E-state index in [1.807, 2.05) is 13.0 Å². The SMILES string of the molecule is Cc1cc(Nc2cc(C(F)(F)F)cc[n+]2C)nc(-c2cnc(C(C)(O)C3CCC(C(=O)O)CC3)s2)c1. The Morgan fingerprint density at radius 2 is 1.89 bits per heavy atom. The summed E-state index contributed by atoms with van der Waals surface area (Å²) in [5, 5.41) is 24.0. The molecule has 1 fully saturated rings. The van der Waals surface area contributed by atoms with Gasteiger partial charge in [-0.3, -0.25) is 4.79 Å². The number of halogens is 3. The number of hydrogen-bond acceptors (Lipinski definition) is 6. The van der Waals surface area contributed by atoms with Gasteiger partial charge in [-0.05, 0) is 63.1 Å². The van der Waals surface area contributed by atoms with Crippen molar-refractivity contribution in [3.8, 4) is 10.6 Å². The number of nitrogens with one attached hydrogen (secondary N) is 1. The van der Waals surface area contributed by atoms with Crippen LogP contribution in [-0.4, -0.2) is 26.2 Å². The van der Waals surface area contributed by atoms with Crippen LogP contribution in [0.2, 0.25) is 0 Å². The number of pyridine rings is 2. The lowest BCUT2D eigenvalue weighted by atomic mass is 9.74. The molecule has 1 aliphatic carbocycles. The Bertz CT molecular complexity index is 1270. The third-order valence-corrected chi connectivity index (χ3v) is 8.01. The molecule has 0 spiro atoms. The van der Waals surface area contributed by atoms with Gasteiger partial charge in [-0.15, -0.1) is 11.3 Å². The van der Waals surface area contributed by atoms with Crippen molar-refractivity contribution in [3.05, 3.63) is 52.8 Å². The van der Waals surface area contributed by atoms with Gasteiger partial charge in [0.25, 0.3) is 5.82 Å². The number of rotatable bonds is 6. The number of carboxylic acids is 1. The van der Waals surface area contributed by atoms with Gasteiger partial charge in [-0.2, -0.15) is 13.2 Å². The number of hydrogen-bond donors (Lipinski definition) is 3. The first-order chi connectivity index (χ1) is 16.8. The van der Waals surface area contributed by atoms with Gasteiger partial charge in [0.1, 0.15) is 10.6 Å². The van der Waals surface area contributed by atoms with Crippen molar-refractivity contribution >= 4 is 28.9 Å². The summed E-state index contributed by atoms with van der Waals surface area (Å²) in [6.45, 7) is 3.58. The van der Waals surface area contributed by atoms with Gasteiger partial charge in [0.05, 0.1) is 35.3 Å². The molecule has 0 saturated heterocycles. The Labute approximate surface area is 210 Å². The molecule has 3 heterocycles. The second-order valence-corrected chi connectivity index (χ2v) is 10.5. The minimum atomic E-state index is -4.46. The van der Waals surface area contributed by atoms with Crippen molar-refractivity contribution < 1.29 is 32.7 Å². The number of nitrogens with zero attached hydrogens (tertiary/aromatic N) is 3. The van der Waals surface area contributed by atoms with Gasteiger partial charge >= 0.3 is 12.1 Å². The maximum Gasteiger partial charge on any atom is 0.416 e. The Balaban J connectivity index is 1.57. The molecule has 0 aliphatic heterocycles. The van der Waals surface area contributed by atoms with Crippen LogP contribution in [0, 0.1) is 18.8 Å². The number of thiazole rings is 1. The number of carboxylic acid groups (broad SMARTS) is 1. The van der Waals surface area contributed by atoms with Crippen molar-refractivity contribution in [2.45, 2.75) is 51.3 Å². The maximum absolute atomic E-state index is 13.2. The first-order valence-corrected chi connectivity index (χ1v) is 12.4. The molecule has 0 radical (unpaired) electrons. The molecule has 7 nitrogen and oxygen atoms in total. The molecule has 0 bridgehead atoms. The van der Waals surface area contributed by atoms with E-state index < -0.39 is 23.3 Å². The minimum absolute atomic E-state index is 0.101. The topological polar surface area (TPSA) is 99.2 Å². The zero-order chi connectivity index (χ0) is 26.3. The van der Waals surface area contributed by atoms with E-state index in [9.17, 15) is 28.2 Å². The normalized spacial score (nSPS) is 20.1. The van der Waals surface area contributed by atoms with E-state index in [-0.39, 0.29) is 17.7 Å². The number of aromatic nitrogens is 3. The number of carbonyl (C=O) groups is 1. The molecular weight excluding hydrogens is 493 g/mol. The fraction of sp³-hybridized carbons (Fsp3) is 0.440. The summed E-state index contributed by atoms with van der Waals surface area (Å²) in [5.74, 6) is -0.647. The molecule has 3 N–H and O–H groups in total. The van der Waals surface area contributed by atoms with Crippen LogP contribution >= 0.6 is 11.3 Å². The summed E-state index contributed by atoms with van der Waals surface area (Å²) in [7, 11) is 1.64. The summed E-state index contributed by atoms with van der Waals surface area (Å²) in [4.78, 5) is 21.0. The molecule has 4 rings (SSSR count). The molecule has 11 heteroatoms. The molecule has 3 aromatic heterocycles. The largest absolute Gasteiger partial charge is 0.481 e. The van der Waals surface area contributed by atoms with Crippen LogP contribution in [0.3, 0.4) is 0 Å². The van der Waals surface area contributed by atoms with Crippen molar-refractivity contribution in [2.24, 2.45) is 18.9 Å². The van der Waals surface area contributed by atoms with E-state index in [1.165, 1.54) is 17.5 Å². The number of alkyl halides is 3. The second-order valence-electron chi connectivity index (χ2n) is 9.51. The number of aliphatic hydroxyl groups is 1. The van der Waals surface area contributed by atoms with Gasteiger partial charge in [0.2, 0.25) is 5.82 Å². The van der Waals surface area contributed by atoms with Gasteiger partial charge in [0.15, 0.2) is 0 Å². The quantitative estimate of drug-likeness (QED) is 0.386. The third kappa shape index (κ3) is 5.52. The fourth-order valence-electron chi connectivity index (χ4n) is 4.56. The minimum Gasteiger partial charge on any atom is -0.481 e. The molecular formula is C25H28F3N4O3S+. The lowest BCUT2D eigenvalue weighted by Gasteiger charge is -2.35. The zero-order valence-electron chi connectivity index (χ0n) is 20.1. The molecule has 3 aromatic rings. The van der Waals surface area contributed by atoms with Crippen LogP contribution < -0.4 is 9.88 Å². The van der Waals surface area contributed by atoms with Crippen molar-refractivity contribution in [1.82, 2.24) is 9.97 Å². The van der Waals surface area contributed by atoms with Crippen molar-refractivity contribution in [2.75, 3.05) is 5.32 Å². The van der Waals surface area contributed by atoms with Crippen LogP contribution in [0.15, 0.2) is 36.7 Å². The first kappa shape index (κ1) is 26.0. The standard InChI is InChI=1S/C25H27F3N4O3S/c1-14-10-18(30-20(11-14)31-21-12-17(25(26,27)28)8-9-32(21)3)19-13-29-23(36-19)24(2,35)16-6-4-15(5-7-16)22(33)34/h8-13,15-16,35H,4-7H2,1-3H3,(H,33,34)/p+1. The predicted octanol–water partition coefficient (Wildman–Crippen LogP) is 5.20. The van der Waals surface area contributed by atoms with E-state index in [0.29, 0.717) is 47.1 Å². The van der Waals surface area contributed by atoms with E-state index >= 15 is 0 Å². The summed E-state index contributed by atoms with van der Waals surface area (Å²) in [5.41, 5.74) is -0.530. The van der Waals surface area contributed by atoms with Gasteiger partial charge < -0.3 is 10.2 Å². The lowest BCUT2D eigenvalue weighted by Crippen LogP contribution is -2.35. The van der Waals surface area contributed by atoms with E-state index in [0.717, 1.165) is 17.7 Å². The summed E-state index contributed by atoms with van der Waals surface area (Å²) in [6.07, 6.45) is 0.758. The second kappa shape index (κ2) is 9.78. The van der Waals surface area contributed by atoms with E-state index in [4.69, 9.17) is 0 Å². The number of aliphatic carboxylic acids is 1. The van der Waals surface area contributed by atoms with E-state index in [1.54, 1.807) is 30.8 Å². The monoisotopic (exact) mass is 521 g/mol. The summed E-state index contributed by atoms with van der Waals surface area (Å²) < 4.78 is 41.1. The molecule has 192 valence electrons. The predicted molar refractivity (Wildman–Crippen MR) is 129 cm³/mol. The average molecular weight is 522 g/mol. The van der Waals surface area contributed by atoms with Gasteiger partial charge in [-0.25, -0.2) is 19.9 Å². The third-order valence-electron chi connectivity index (χ3n) is 6.77. The fourth-order valence-corrected chi connectivity index (χ4v) is 5.56. The highest BCUT2D eigenvalue weighted by Crippen LogP contribution is 2.43. The smallest absolute Gasteiger partial charge is 0.416 e. The molecule has 1 saturated carbocycles. The maximum atomic E-state index is 13.2. The average Bonchev–Trinajstić information content (AvgIpc) is 3.31.